The van der Waals surface area contributed by atoms with Gasteiger partial charge in [-0.1, -0.05) is 6.58 Å². The van der Waals surface area contributed by atoms with Crippen molar-refractivity contribution in [2.45, 2.75) is 13.3 Å². The molecule has 0 aromatic rings. The maximum atomic E-state index is 5.05. The highest BCUT2D eigenvalue weighted by atomic mass is 16.5. The molecule has 0 N–H and O–H groups in total. The smallest absolute Gasteiger partial charge is 0.115 e. The summed E-state index contributed by atoms with van der Waals surface area (Å²) >= 11 is 0. The quantitative estimate of drug-likeness (QED) is 0.538. The SMILES string of the molecule is C=C1CC=C(OC)C=C1C. The van der Waals surface area contributed by atoms with Crippen LogP contribution in [0.5, 0.6) is 0 Å². The van der Waals surface area contributed by atoms with E-state index in [4.69, 9.17) is 4.74 Å². The average molecular weight is 136 g/mol. The van der Waals surface area contributed by atoms with Gasteiger partial charge in [-0.3, -0.25) is 0 Å². The Morgan fingerprint density at radius 2 is 2.30 bits per heavy atom. The van der Waals surface area contributed by atoms with Gasteiger partial charge in [-0.2, -0.15) is 0 Å². The van der Waals surface area contributed by atoms with E-state index in [1.165, 1.54) is 11.1 Å². The van der Waals surface area contributed by atoms with E-state index in [9.17, 15) is 0 Å². The lowest BCUT2D eigenvalue weighted by atomic mass is 10.0. The Morgan fingerprint density at radius 3 is 2.80 bits per heavy atom. The molecule has 0 saturated heterocycles. The molecule has 1 aliphatic carbocycles. The topological polar surface area (TPSA) is 9.23 Å². The Morgan fingerprint density at radius 1 is 1.60 bits per heavy atom. The average Bonchev–Trinajstić information content (AvgIpc) is 1.95. The van der Waals surface area contributed by atoms with Crippen molar-refractivity contribution in [3.05, 3.63) is 35.6 Å². The molecule has 0 aliphatic heterocycles. The van der Waals surface area contributed by atoms with Crippen LogP contribution in [0.1, 0.15) is 13.3 Å². The van der Waals surface area contributed by atoms with Crippen LogP contribution in [-0.2, 0) is 4.74 Å². The van der Waals surface area contributed by atoms with Gasteiger partial charge in [0.1, 0.15) is 5.76 Å². The molecule has 1 aliphatic rings. The first-order valence-corrected chi connectivity index (χ1v) is 3.34. The van der Waals surface area contributed by atoms with E-state index in [1.807, 2.05) is 19.1 Å². The molecule has 1 heteroatoms. The lowest BCUT2D eigenvalue weighted by Gasteiger charge is -2.11. The molecule has 54 valence electrons. The lowest BCUT2D eigenvalue weighted by molar-refractivity contribution is 0.304. The third-order valence-corrected chi connectivity index (χ3v) is 1.70. The molecule has 0 unspecified atom stereocenters. The van der Waals surface area contributed by atoms with E-state index in [0.29, 0.717) is 0 Å². The van der Waals surface area contributed by atoms with Crippen molar-refractivity contribution in [2.24, 2.45) is 0 Å². The van der Waals surface area contributed by atoms with Crippen molar-refractivity contribution in [3.8, 4) is 0 Å². The lowest BCUT2D eigenvalue weighted by Crippen LogP contribution is -1.93. The molecule has 10 heavy (non-hydrogen) atoms. The molecule has 0 bridgehead atoms. The summed E-state index contributed by atoms with van der Waals surface area (Å²) in [6.45, 7) is 5.95. The van der Waals surface area contributed by atoms with Gasteiger partial charge in [0.25, 0.3) is 0 Å². The Balaban J connectivity index is 2.79. The zero-order valence-electron chi connectivity index (χ0n) is 6.48. The first-order valence-electron chi connectivity index (χ1n) is 3.34. The fraction of sp³-hybridized carbons (Fsp3) is 0.333. The van der Waals surface area contributed by atoms with Gasteiger partial charge in [0.15, 0.2) is 0 Å². The van der Waals surface area contributed by atoms with Crippen molar-refractivity contribution in [1.82, 2.24) is 0 Å². The van der Waals surface area contributed by atoms with E-state index in [2.05, 4.69) is 6.58 Å². The van der Waals surface area contributed by atoms with Crippen LogP contribution in [0, 0.1) is 0 Å². The molecule has 0 heterocycles. The Hall–Kier alpha value is -0.980. The summed E-state index contributed by atoms with van der Waals surface area (Å²) < 4.78 is 5.05. The van der Waals surface area contributed by atoms with Gasteiger partial charge < -0.3 is 4.74 Å². The van der Waals surface area contributed by atoms with Crippen LogP contribution in [0.3, 0.4) is 0 Å². The zero-order valence-corrected chi connectivity index (χ0v) is 6.48. The number of ether oxygens (including phenoxy) is 1. The van der Waals surface area contributed by atoms with Crippen LogP contribution in [0.15, 0.2) is 35.6 Å². The summed E-state index contributed by atoms with van der Waals surface area (Å²) in [6.07, 6.45) is 4.96. The monoisotopic (exact) mass is 136 g/mol. The van der Waals surface area contributed by atoms with Crippen LogP contribution >= 0.6 is 0 Å². The Bertz CT molecular complexity index is 209. The highest BCUT2D eigenvalue weighted by molar-refractivity contribution is 5.38. The highest BCUT2D eigenvalue weighted by Gasteiger charge is 2.03. The molecule has 1 nitrogen and oxygen atoms in total. The van der Waals surface area contributed by atoms with E-state index in [-0.39, 0.29) is 0 Å². The highest BCUT2D eigenvalue weighted by Crippen LogP contribution is 2.20. The number of allylic oxidation sites excluding steroid dienone is 4. The number of methoxy groups -OCH3 is 1. The third-order valence-electron chi connectivity index (χ3n) is 1.70. The summed E-state index contributed by atoms with van der Waals surface area (Å²) in [5.74, 6) is 0.949. The molecule has 0 aromatic carbocycles. The second kappa shape index (κ2) is 2.74. The predicted octanol–water partition coefficient (Wildman–Crippen LogP) is 2.42. The zero-order chi connectivity index (χ0) is 7.56. The van der Waals surface area contributed by atoms with Crippen LogP contribution in [-0.4, -0.2) is 7.11 Å². The Kier molecular flexibility index (Phi) is 1.95. The van der Waals surface area contributed by atoms with Crippen molar-refractivity contribution in [2.75, 3.05) is 7.11 Å². The molecule has 0 spiro atoms. The van der Waals surface area contributed by atoms with Crippen molar-refractivity contribution in [3.63, 3.8) is 0 Å². The van der Waals surface area contributed by atoms with Crippen molar-refractivity contribution >= 4 is 0 Å². The second-order valence-electron chi connectivity index (χ2n) is 2.45. The summed E-state index contributed by atoms with van der Waals surface area (Å²) in [4.78, 5) is 0. The van der Waals surface area contributed by atoms with E-state index < -0.39 is 0 Å². The standard InChI is InChI=1S/C9H12O/c1-7-4-5-9(10-3)6-8(7)2/h5-6H,1,4H2,2-3H3. The van der Waals surface area contributed by atoms with Crippen LogP contribution in [0.2, 0.25) is 0 Å². The summed E-state index contributed by atoms with van der Waals surface area (Å²) in [5, 5.41) is 0. The molecule has 0 saturated carbocycles. The van der Waals surface area contributed by atoms with Gasteiger partial charge in [0, 0.05) is 0 Å². The third kappa shape index (κ3) is 1.29. The summed E-state index contributed by atoms with van der Waals surface area (Å²) in [5.41, 5.74) is 2.40. The molecule has 0 radical (unpaired) electrons. The van der Waals surface area contributed by atoms with E-state index >= 15 is 0 Å². The van der Waals surface area contributed by atoms with Gasteiger partial charge in [0.2, 0.25) is 0 Å². The minimum Gasteiger partial charge on any atom is -0.497 e. The molecule has 0 aromatic heterocycles. The predicted molar refractivity (Wildman–Crippen MR) is 42.6 cm³/mol. The minimum absolute atomic E-state index is 0.922. The number of hydrogen-bond donors (Lipinski definition) is 0. The van der Waals surface area contributed by atoms with E-state index in [1.54, 1.807) is 7.11 Å². The maximum absolute atomic E-state index is 5.05. The van der Waals surface area contributed by atoms with Gasteiger partial charge in [-0.25, -0.2) is 0 Å². The fourth-order valence-electron chi connectivity index (χ4n) is 0.901. The molecule has 0 fully saturated rings. The molecule has 0 amide bonds. The molecular formula is C9H12O. The van der Waals surface area contributed by atoms with Crippen molar-refractivity contribution < 1.29 is 4.74 Å². The van der Waals surface area contributed by atoms with E-state index in [0.717, 1.165) is 12.2 Å². The molecular weight excluding hydrogens is 124 g/mol. The first-order chi connectivity index (χ1) is 4.74. The van der Waals surface area contributed by atoms with Crippen LogP contribution in [0.25, 0.3) is 0 Å². The Labute approximate surface area is 61.7 Å². The van der Waals surface area contributed by atoms with Gasteiger partial charge >= 0.3 is 0 Å². The van der Waals surface area contributed by atoms with Gasteiger partial charge in [0.05, 0.1) is 7.11 Å². The number of hydrogen-bond acceptors (Lipinski definition) is 1. The number of rotatable bonds is 1. The second-order valence-corrected chi connectivity index (χ2v) is 2.45. The fourth-order valence-corrected chi connectivity index (χ4v) is 0.901. The van der Waals surface area contributed by atoms with Crippen LogP contribution < -0.4 is 0 Å². The maximum Gasteiger partial charge on any atom is 0.115 e. The molecule has 1 rings (SSSR count). The van der Waals surface area contributed by atoms with Crippen molar-refractivity contribution in [1.29, 1.82) is 0 Å². The first kappa shape index (κ1) is 7.13. The summed E-state index contributed by atoms with van der Waals surface area (Å²) in [7, 11) is 1.68. The largest absolute Gasteiger partial charge is 0.497 e. The van der Waals surface area contributed by atoms with Crippen LogP contribution in [0.4, 0.5) is 0 Å². The van der Waals surface area contributed by atoms with Gasteiger partial charge in [-0.15, -0.1) is 0 Å². The van der Waals surface area contributed by atoms with Gasteiger partial charge in [-0.05, 0) is 36.6 Å². The minimum atomic E-state index is 0.922. The normalized spacial score (nSPS) is 18.0. The molecule has 0 atom stereocenters. The summed E-state index contributed by atoms with van der Waals surface area (Å²) in [6, 6.07) is 0.